The first-order chi connectivity index (χ1) is 39.1. The highest BCUT2D eigenvalue weighted by Gasteiger charge is 2.30. The molecule has 9 aromatic rings. The summed E-state index contributed by atoms with van der Waals surface area (Å²) in [5.41, 5.74) is 8.51. The number of imidazole rings is 1. The molecule has 73 heavy (non-hydrogen) atoms. The Balaban J connectivity index is 1.30. The van der Waals surface area contributed by atoms with E-state index in [4.69, 9.17) is 22.3 Å². The van der Waals surface area contributed by atoms with Crippen molar-refractivity contribution in [3.8, 4) is 78.6 Å². The van der Waals surface area contributed by atoms with E-state index in [1.54, 1.807) is 18.3 Å². The number of aryl methyl sites for hydroxylation is 1. The minimum atomic E-state index is -3.40. The van der Waals surface area contributed by atoms with E-state index < -0.39 is 38.2 Å². The molecule has 2 aromatic heterocycles. The number of phenols is 1. The predicted molar refractivity (Wildman–Crippen MR) is 311 cm³/mol. The van der Waals surface area contributed by atoms with Gasteiger partial charge in [-0.2, -0.15) is 0 Å². The van der Waals surface area contributed by atoms with Gasteiger partial charge in [-0.1, -0.05) is 207 Å². The van der Waals surface area contributed by atoms with E-state index in [1.165, 1.54) is 24.3 Å². The minimum Gasteiger partial charge on any atom is -0.507 e. The Morgan fingerprint density at radius 3 is 1.75 bits per heavy atom. The lowest BCUT2D eigenvalue weighted by molar-refractivity contribution is 0.446. The average molecular weight is 974 g/mol. The van der Waals surface area contributed by atoms with Crippen LogP contribution in [-0.2, 0) is 27.1 Å². The van der Waals surface area contributed by atoms with Gasteiger partial charge in [-0.05, 0) is 149 Å². The molecule has 1 N–H and O–H groups in total. The van der Waals surface area contributed by atoms with Gasteiger partial charge in [0.05, 0.1) is 28.0 Å². The summed E-state index contributed by atoms with van der Waals surface area (Å²) in [6.45, 7) is 12.5. The van der Waals surface area contributed by atoms with Gasteiger partial charge in [0.2, 0.25) is 0 Å². The van der Waals surface area contributed by atoms with Gasteiger partial charge in [0.1, 0.15) is 11.6 Å². The summed E-state index contributed by atoms with van der Waals surface area (Å²) in [4.78, 5) is 10.4. The molecule has 372 valence electrons. The molecule has 0 fully saturated rings. The fraction of sp³-hybridized carbons (Fsp3) is 0.304. The minimum absolute atomic E-state index is 0.0426. The first-order valence-electron chi connectivity index (χ1n) is 31.1. The van der Waals surface area contributed by atoms with Crippen molar-refractivity contribution in [2.75, 3.05) is 0 Å². The van der Waals surface area contributed by atoms with Crippen LogP contribution in [-0.4, -0.2) is 19.6 Å². The smallest absolute Gasteiger partial charge is 0.149 e. The largest absolute Gasteiger partial charge is 0.507 e. The first-order valence-corrected chi connectivity index (χ1v) is 25.1. The van der Waals surface area contributed by atoms with E-state index in [0.29, 0.717) is 44.9 Å². The van der Waals surface area contributed by atoms with Gasteiger partial charge in [-0.25, -0.2) is 4.98 Å². The fourth-order valence-corrected chi connectivity index (χ4v) is 9.84. The van der Waals surface area contributed by atoms with Crippen LogP contribution in [0.3, 0.4) is 0 Å². The molecule has 2 heterocycles. The van der Waals surface area contributed by atoms with Crippen LogP contribution >= 0.6 is 0 Å². The third-order valence-corrected chi connectivity index (χ3v) is 14.0. The lowest BCUT2D eigenvalue weighted by Gasteiger charge is -2.28. The van der Waals surface area contributed by atoms with Crippen molar-refractivity contribution < 1.29 is 21.6 Å². The van der Waals surface area contributed by atoms with Gasteiger partial charge in [0.25, 0.3) is 0 Å². The number of pyridine rings is 1. The Morgan fingerprint density at radius 2 is 1.10 bits per heavy atom. The maximum atomic E-state index is 12.7. The lowest BCUT2D eigenvalue weighted by Crippen LogP contribution is -2.17. The van der Waals surface area contributed by atoms with Crippen molar-refractivity contribution >= 4 is 11.0 Å². The summed E-state index contributed by atoms with van der Waals surface area (Å²) in [5, 5.41) is 12.7. The van der Waals surface area contributed by atoms with Crippen LogP contribution in [0.25, 0.3) is 83.9 Å². The molecule has 0 aliphatic carbocycles. The number of rotatable bonds is 7. The molecule has 7 aromatic carbocycles. The third-order valence-electron chi connectivity index (χ3n) is 14.0. The quantitative estimate of drug-likeness (QED) is 0.173. The highest BCUT2D eigenvalue weighted by Crippen LogP contribution is 2.47. The summed E-state index contributed by atoms with van der Waals surface area (Å²) < 4.78 is 104. The Labute approximate surface area is 453 Å². The van der Waals surface area contributed by atoms with E-state index in [-0.39, 0.29) is 33.1 Å². The molecule has 0 aliphatic rings. The van der Waals surface area contributed by atoms with Crippen molar-refractivity contribution in [3.05, 3.63) is 191 Å². The molecule has 0 saturated heterocycles. The summed E-state index contributed by atoms with van der Waals surface area (Å²) in [7, 11) is 0. The number of aromatic nitrogens is 3. The van der Waals surface area contributed by atoms with Crippen molar-refractivity contribution in [1.29, 1.82) is 0 Å². The summed E-state index contributed by atoms with van der Waals surface area (Å²) in [6, 6.07) is 47.5. The zero-order chi connectivity index (χ0) is 62.6. The standard InChI is InChI=1S/C69H75N3O/c1-43-36-47(61-53(45-22-18-17-19-23-45)24-20-26-56(61)68(11,12)13)30-33-59(43)72-60-27-21-25-54(62(60)71-64(72)55-41-52(67(8,9)10)42-57(63(55)73)69(14,15)16)48-37-49(39-51(38-48)66(5,6)7)58-40-46(34-35-70-58)44-28-31-50(32-29-44)65(2,3)4/h17-42,73H,1-16H3/i1D3,2D3,3D3,4D3. The van der Waals surface area contributed by atoms with Crippen LogP contribution in [0.2, 0.25) is 0 Å². The molecule has 0 radical (unpaired) electrons. The summed E-state index contributed by atoms with van der Waals surface area (Å²) in [6.07, 6.45) is 1.65. The van der Waals surface area contributed by atoms with Crippen LogP contribution in [0.15, 0.2) is 158 Å². The number of aromatic hydroxyl groups is 1. The molecule has 0 aliphatic heterocycles. The van der Waals surface area contributed by atoms with Crippen molar-refractivity contribution in [3.63, 3.8) is 0 Å². The molecule has 0 saturated carbocycles. The highest BCUT2D eigenvalue weighted by molar-refractivity contribution is 5.97. The number of para-hydroxylation sites is 1. The number of benzene rings is 7. The molecular formula is C69H75N3O. The van der Waals surface area contributed by atoms with Gasteiger partial charge in [0.15, 0.2) is 0 Å². The van der Waals surface area contributed by atoms with Crippen LogP contribution < -0.4 is 0 Å². The highest BCUT2D eigenvalue weighted by atomic mass is 16.3. The van der Waals surface area contributed by atoms with Gasteiger partial charge in [0, 0.05) is 39.3 Å². The SMILES string of the molecule is [2H]C([2H])([2H])c1cc(-c2c(-c3ccccc3)cccc2C(C)(C)C)ccc1-n1c(-c2cc(C(C)(C)C)cc(C(C)(C)C)c2O)nc2c(-c3cc(-c4cc(-c5ccc(C(C([2H])([2H])[2H])(C([2H])([2H])[2H])C([2H])([2H])[2H])cc5)ccn4)cc(C(C)(C)C)c3)cccc21. The van der Waals surface area contributed by atoms with Crippen LogP contribution in [0, 0.1) is 6.85 Å². The summed E-state index contributed by atoms with van der Waals surface area (Å²) >= 11 is 0. The molecule has 9 rings (SSSR count). The number of nitrogens with zero attached hydrogens (tertiary/aromatic N) is 3. The van der Waals surface area contributed by atoms with Crippen molar-refractivity contribution in [2.24, 2.45) is 0 Å². The van der Waals surface area contributed by atoms with Crippen LogP contribution in [0.4, 0.5) is 0 Å². The molecule has 0 spiro atoms. The van der Waals surface area contributed by atoms with Crippen LogP contribution in [0.5, 0.6) is 5.75 Å². The maximum Gasteiger partial charge on any atom is 0.149 e. The van der Waals surface area contributed by atoms with Crippen molar-refractivity contribution in [1.82, 2.24) is 14.5 Å². The van der Waals surface area contributed by atoms with Gasteiger partial charge < -0.3 is 5.11 Å². The predicted octanol–water partition coefficient (Wildman–Crippen LogP) is 18.9. The molecule has 0 unspecified atom stereocenters. The monoisotopic (exact) mass is 974 g/mol. The van der Waals surface area contributed by atoms with E-state index in [2.05, 4.69) is 132 Å². The van der Waals surface area contributed by atoms with E-state index in [9.17, 15) is 9.22 Å². The Bertz CT molecular complexity index is 3950. The Morgan fingerprint density at radius 1 is 0.452 bits per heavy atom. The van der Waals surface area contributed by atoms with Gasteiger partial charge in [-0.15, -0.1) is 0 Å². The molecule has 4 heteroatoms. The van der Waals surface area contributed by atoms with Crippen LogP contribution in [0.1, 0.15) is 153 Å². The molecule has 0 amide bonds. The molecule has 0 atom stereocenters. The molecule has 0 bridgehead atoms. The zero-order valence-electron chi connectivity index (χ0n) is 56.3. The normalized spacial score (nSPS) is 15.8. The molecule has 4 nitrogen and oxygen atoms in total. The third kappa shape index (κ3) is 10.1. The number of hydrogen-bond donors (Lipinski definition) is 1. The zero-order valence-corrected chi connectivity index (χ0v) is 44.3. The van der Waals surface area contributed by atoms with Gasteiger partial charge >= 0.3 is 0 Å². The first kappa shape index (κ1) is 37.7. The van der Waals surface area contributed by atoms with E-state index >= 15 is 0 Å². The topological polar surface area (TPSA) is 50.9 Å². The van der Waals surface area contributed by atoms with Crippen molar-refractivity contribution in [2.45, 2.75) is 138 Å². The fourth-order valence-electron chi connectivity index (χ4n) is 9.84. The lowest BCUT2D eigenvalue weighted by atomic mass is 9.78. The number of phenolic OH excluding ortho intramolecular Hbond substituents is 1. The number of hydrogen-bond acceptors (Lipinski definition) is 3. The Kier molecular flexibility index (Phi) is 9.53. The summed E-state index contributed by atoms with van der Waals surface area (Å²) in [5.74, 6) is 0.400. The van der Waals surface area contributed by atoms with Gasteiger partial charge in [-0.3, -0.25) is 9.55 Å². The number of fused-ring (bicyclic) bond motifs is 1. The average Bonchev–Trinajstić information content (AvgIpc) is 1.62. The second kappa shape index (κ2) is 18.5. The second-order valence-electron chi connectivity index (χ2n) is 23.7. The molecular weight excluding hydrogens is 887 g/mol. The second-order valence-corrected chi connectivity index (χ2v) is 23.7. The Hall–Kier alpha value is -7.04. The van der Waals surface area contributed by atoms with E-state index in [1.807, 2.05) is 71.3 Å². The van der Waals surface area contributed by atoms with E-state index in [0.717, 1.165) is 61.2 Å². The maximum absolute atomic E-state index is 12.7.